The largest absolute Gasteiger partial charge is 0.332 e. The number of aromatic nitrogens is 3. The number of rotatable bonds is 3. The molecule has 0 radical (unpaired) electrons. The Morgan fingerprint density at radius 1 is 1.42 bits per heavy atom. The number of H-pyrrole nitrogens is 1. The highest BCUT2D eigenvalue weighted by atomic mass is 32.1. The summed E-state index contributed by atoms with van der Waals surface area (Å²) >= 11 is 1.46. The first-order valence-electron chi connectivity index (χ1n) is 8.30. The quantitative estimate of drug-likeness (QED) is 0.926. The Kier molecular flexibility index (Phi) is 4.73. The lowest BCUT2D eigenvalue weighted by atomic mass is 9.89. The summed E-state index contributed by atoms with van der Waals surface area (Å²) in [5.74, 6) is 0.0436. The van der Waals surface area contributed by atoms with Gasteiger partial charge in [0.05, 0.1) is 11.7 Å². The van der Waals surface area contributed by atoms with Crippen LogP contribution < -0.4 is 0 Å². The molecule has 3 heterocycles. The zero-order valence-corrected chi connectivity index (χ0v) is 15.6. The highest BCUT2D eigenvalue weighted by molar-refractivity contribution is 7.07. The van der Waals surface area contributed by atoms with Crippen LogP contribution in [0.15, 0.2) is 17.1 Å². The minimum Gasteiger partial charge on any atom is -0.332 e. The zero-order valence-electron chi connectivity index (χ0n) is 14.7. The number of piperazine rings is 1. The van der Waals surface area contributed by atoms with E-state index in [9.17, 15) is 4.79 Å². The molecule has 2 aromatic rings. The van der Waals surface area contributed by atoms with E-state index in [-0.39, 0.29) is 17.4 Å². The van der Waals surface area contributed by atoms with Gasteiger partial charge in [0.25, 0.3) is 5.91 Å². The molecule has 1 saturated heterocycles. The minimum atomic E-state index is 0.0436. The molecule has 0 aromatic carbocycles. The molecule has 0 saturated carbocycles. The SMILES string of the molecule is C[C@H]1CN(Cc2cn[nH]c2C(C)(C)C)CCN1C(=O)c1cscn1. The predicted octanol–water partition coefficient (Wildman–Crippen LogP) is 2.51. The molecule has 24 heavy (non-hydrogen) atoms. The first kappa shape index (κ1) is 17.1. The highest BCUT2D eigenvalue weighted by Crippen LogP contribution is 2.25. The Hall–Kier alpha value is -1.73. The van der Waals surface area contributed by atoms with Crippen molar-refractivity contribution in [1.82, 2.24) is 25.0 Å². The molecular formula is C17H25N5OS. The Bertz CT molecular complexity index is 688. The maximum Gasteiger partial charge on any atom is 0.273 e. The molecule has 0 unspecified atom stereocenters. The van der Waals surface area contributed by atoms with Crippen LogP contribution in [0, 0.1) is 0 Å². The highest BCUT2D eigenvalue weighted by Gasteiger charge is 2.30. The van der Waals surface area contributed by atoms with E-state index in [4.69, 9.17) is 0 Å². The minimum absolute atomic E-state index is 0.0436. The third-order valence-corrected chi connectivity index (χ3v) is 5.07. The molecule has 1 atom stereocenters. The van der Waals surface area contributed by atoms with Crippen molar-refractivity contribution in [2.24, 2.45) is 0 Å². The second kappa shape index (κ2) is 6.64. The van der Waals surface area contributed by atoms with Crippen LogP contribution in [-0.2, 0) is 12.0 Å². The third-order valence-electron chi connectivity index (χ3n) is 4.49. The lowest BCUT2D eigenvalue weighted by Gasteiger charge is -2.39. The van der Waals surface area contributed by atoms with E-state index < -0.39 is 0 Å². The number of nitrogens with zero attached hydrogens (tertiary/aromatic N) is 4. The molecule has 3 rings (SSSR count). The first-order chi connectivity index (χ1) is 11.4. The number of hydrogen-bond acceptors (Lipinski definition) is 5. The van der Waals surface area contributed by atoms with Gasteiger partial charge in [-0.1, -0.05) is 20.8 Å². The van der Waals surface area contributed by atoms with E-state index >= 15 is 0 Å². The maximum absolute atomic E-state index is 12.5. The van der Waals surface area contributed by atoms with Crippen molar-refractivity contribution >= 4 is 17.2 Å². The van der Waals surface area contributed by atoms with Gasteiger partial charge in [0.15, 0.2) is 0 Å². The van der Waals surface area contributed by atoms with Gasteiger partial charge in [-0.2, -0.15) is 5.10 Å². The van der Waals surface area contributed by atoms with Gasteiger partial charge >= 0.3 is 0 Å². The van der Waals surface area contributed by atoms with Crippen LogP contribution >= 0.6 is 11.3 Å². The van der Waals surface area contributed by atoms with Crippen LogP contribution in [0.1, 0.15) is 49.4 Å². The molecule has 0 spiro atoms. The molecule has 1 amide bonds. The van der Waals surface area contributed by atoms with Gasteiger partial charge in [0.1, 0.15) is 5.69 Å². The van der Waals surface area contributed by atoms with E-state index in [1.165, 1.54) is 22.6 Å². The van der Waals surface area contributed by atoms with Crippen LogP contribution in [-0.4, -0.2) is 56.6 Å². The summed E-state index contributed by atoms with van der Waals surface area (Å²) in [7, 11) is 0. The van der Waals surface area contributed by atoms with Crippen molar-refractivity contribution < 1.29 is 4.79 Å². The van der Waals surface area contributed by atoms with Gasteiger partial charge < -0.3 is 4.90 Å². The monoisotopic (exact) mass is 347 g/mol. The Morgan fingerprint density at radius 3 is 2.83 bits per heavy atom. The van der Waals surface area contributed by atoms with Gasteiger partial charge in [-0.05, 0) is 6.92 Å². The summed E-state index contributed by atoms with van der Waals surface area (Å²) in [5.41, 5.74) is 4.76. The number of amides is 1. The average molecular weight is 347 g/mol. The molecule has 1 fully saturated rings. The summed E-state index contributed by atoms with van der Waals surface area (Å²) in [5, 5.41) is 9.19. The van der Waals surface area contributed by atoms with Gasteiger partial charge in [0.2, 0.25) is 0 Å². The van der Waals surface area contributed by atoms with E-state index in [1.807, 2.05) is 16.5 Å². The lowest BCUT2D eigenvalue weighted by Crippen LogP contribution is -2.53. The second-order valence-corrected chi connectivity index (χ2v) is 8.20. The zero-order chi connectivity index (χ0) is 17.3. The van der Waals surface area contributed by atoms with Crippen molar-refractivity contribution in [3.8, 4) is 0 Å². The third kappa shape index (κ3) is 3.52. The topological polar surface area (TPSA) is 65.1 Å². The summed E-state index contributed by atoms with van der Waals surface area (Å²) < 4.78 is 0. The maximum atomic E-state index is 12.5. The van der Waals surface area contributed by atoms with E-state index in [2.05, 4.69) is 47.8 Å². The normalized spacial score (nSPS) is 19.7. The molecule has 2 aromatic heterocycles. The van der Waals surface area contributed by atoms with Crippen LogP contribution in [0.5, 0.6) is 0 Å². The number of aromatic amines is 1. The fourth-order valence-corrected chi connectivity index (χ4v) is 3.79. The van der Waals surface area contributed by atoms with Crippen LogP contribution in [0.2, 0.25) is 0 Å². The van der Waals surface area contributed by atoms with Gasteiger partial charge in [0, 0.05) is 54.3 Å². The molecule has 1 N–H and O–H groups in total. The van der Waals surface area contributed by atoms with Crippen molar-refractivity contribution in [2.45, 2.75) is 45.7 Å². The lowest BCUT2D eigenvalue weighted by molar-refractivity contribution is 0.0470. The molecule has 1 aliphatic rings. The van der Waals surface area contributed by atoms with Crippen LogP contribution in [0.4, 0.5) is 0 Å². The standard InChI is InChI=1S/C17H25N5OS/c1-12-8-21(9-13-7-19-20-15(13)17(2,3)4)5-6-22(12)16(23)14-10-24-11-18-14/h7,10-12H,5-6,8-9H2,1-4H3,(H,19,20)/t12-/m0/s1. The molecule has 0 bridgehead atoms. The molecule has 7 heteroatoms. The number of carbonyl (C=O) groups is 1. The fraction of sp³-hybridized carbons (Fsp3) is 0.588. The van der Waals surface area contributed by atoms with Crippen LogP contribution in [0.3, 0.4) is 0 Å². The molecule has 1 aliphatic heterocycles. The molecule has 0 aliphatic carbocycles. The molecule has 130 valence electrons. The van der Waals surface area contributed by atoms with Crippen molar-refractivity contribution in [1.29, 1.82) is 0 Å². The van der Waals surface area contributed by atoms with Gasteiger partial charge in [-0.25, -0.2) is 4.98 Å². The number of nitrogens with one attached hydrogen (secondary N) is 1. The first-order valence-corrected chi connectivity index (χ1v) is 9.25. The smallest absolute Gasteiger partial charge is 0.273 e. The van der Waals surface area contributed by atoms with E-state index in [0.717, 1.165) is 26.2 Å². The van der Waals surface area contributed by atoms with Crippen LogP contribution in [0.25, 0.3) is 0 Å². The summed E-state index contributed by atoms with van der Waals surface area (Å²) in [6.45, 7) is 12.0. The van der Waals surface area contributed by atoms with E-state index in [0.29, 0.717) is 5.69 Å². The van der Waals surface area contributed by atoms with Crippen molar-refractivity contribution in [2.75, 3.05) is 19.6 Å². The van der Waals surface area contributed by atoms with Crippen molar-refractivity contribution in [3.05, 3.63) is 34.0 Å². The Morgan fingerprint density at radius 2 is 2.21 bits per heavy atom. The van der Waals surface area contributed by atoms with Gasteiger partial charge in [-0.3, -0.25) is 14.8 Å². The summed E-state index contributed by atoms with van der Waals surface area (Å²) in [4.78, 5) is 21.0. The number of thiazole rings is 1. The fourth-order valence-electron chi connectivity index (χ4n) is 3.26. The predicted molar refractivity (Wildman–Crippen MR) is 95.2 cm³/mol. The number of hydrogen-bond donors (Lipinski definition) is 1. The van der Waals surface area contributed by atoms with Crippen molar-refractivity contribution in [3.63, 3.8) is 0 Å². The summed E-state index contributed by atoms with van der Waals surface area (Å²) in [6.07, 6.45) is 1.93. The van der Waals surface area contributed by atoms with E-state index in [1.54, 1.807) is 5.51 Å². The Labute approximate surface area is 146 Å². The molecular weight excluding hydrogens is 322 g/mol. The average Bonchev–Trinajstić information content (AvgIpc) is 3.17. The second-order valence-electron chi connectivity index (χ2n) is 7.48. The molecule has 6 nitrogen and oxygen atoms in total. The van der Waals surface area contributed by atoms with Gasteiger partial charge in [-0.15, -0.1) is 11.3 Å². The number of carbonyl (C=O) groups excluding carboxylic acids is 1. The Balaban J connectivity index is 1.64. The summed E-state index contributed by atoms with van der Waals surface area (Å²) in [6, 6.07) is 0.179.